The van der Waals surface area contributed by atoms with Crippen LogP contribution in [0.2, 0.25) is 0 Å². The number of aromatic nitrogens is 3. The molecule has 3 heterocycles. The van der Waals surface area contributed by atoms with Gasteiger partial charge in [-0.1, -0.05) is 0 Å². The maximum Gasteiger partial charge on any atom is 0.311 e. The highest BCUT2D eigenvalue weighted by molar-refractivity contribution is 7.13. The van der Waals surface area contributed by atoms with E-state index in [9.17, 15) is 4.79 Å². The van der Waals surface area contributed by atoms with E-state index in [2.05, 4.69) is 15.0 Å². The zero-order valence-electron chi connectivity index (χ0n) is 12.1. The summed E-state index contributed by atoms with van der Waals surface area (Å²) in [6.45, 7) is 1.09. The molecule has 3 rings (SSSR count). The molecule has 0 aromatic carbocycles. The van der Waals surface area contributed by atoms with Gasteiger partial charge in [-0.15, -0.1) is 11.3 Å². The molecule has 1 saturated heterocycles. The van der Waals surface area contributed by atoms with Crippen LogP contribution in [0.5, 0.6) is 0 Å². The molecule has 1 fully saturated rings. The fraction of sp³-hybridized carbons (Fsp3) is 0.467. The van der Waals surface area contributed by atoms with Gasteiger partial charge in [-0.3, -0.25) is 4.79 Å². The average molecular weight is 319 g/mol. The Morgan fingerprint density at radius 3 is 3.00 bits per heavy atom. The second-order valence-electron chi connectivity index (χ2n) is 5.06. The number of carbonyl (C=O) groups excluding carboxylic acids is 1. The predicted molar refractivity (Wildman–Crippen MR) is 81.4 cm³/mol. The molecule has 0 amide bonds. The van der Waals surface area contributed by atoms with Crippen LogP contribution in [0, 0.1) is 0 Å². The van der Waals surface area contributed by atoms with Crippen molar-refractivity contribution in [2.45, 2.75) is 31.8 Å². The topological polar surface area (TPSA) is 74.2 Å². The third-order valence-electron chi connectivity index (χ3n) is 3.34. The van der Waals surface area contributed by atoms with Crippen LogP contribution < -0.4 is 0 Å². The zero-order valence-corrected chi connectivity index (χ0v) is 12.9. The van der Waals surface area contributed by atoms with Crippen molar-refractivity contribution in [2.24, 2.45) is 0 Å². The molecule has 1 aliphatic heterocycles. The normalized spacial score (nSPS) is 18.1. The minimum atomic E-state index is -0.278. The van der Waals surface area contributed by atoms with Crippen molar-refractivity contribution >= 4 is 17.3 Å². The molecular weight excluding hydrogens is 302 g/mol. The Bertz CT molecular complexity index is 612. The van der Waals surface area contributed by atoms with E-state index in [1.807, 2.05) is 5.38 Å². The molecule has 1 aliphatic rings. The van der Waals surface area contributed by atoms with Gasteiger partial charge in [-0.05, 0) is 25.3 Å². The highest BCUT2D eigenvalue weighted by Crippen LogP contribution is 2.20. The third-order valence-corrected chi connectivity index (χ3v) is 4.23. The molecule has 0 N–H and O–H groups in total. The first-order valence-corrected chi connectivity index (χ1v) is 8.18. The van der Waals surface area contributed by atoms with Gasteiger partial charge in [0.05, 0.1) is 18.2 Å². The monoisotopic (exact) mass is 319 g/mol. The Morgan fingerprint density at radius 2 is 2.23 bits per heavy atom. The lowest BCUT2D eigenvalue weighted by Crippen LogP contribution is -2.26. The summed E-state index contributed by atoms with van der Waals surface area (Å²) in [5, 5.41) is 2.54. The van der Waals surface area contributed by atoms with Gasteiger partial charge in [0.25, 0.3) is 0 Å². The van der Waals surface area contributed by atoms with Crippen LogP contribution in [-0.4, -0.2) is 40.2 Å². The van der Waals surface area contributed by atoms with Crippen LogP contribution in [0.15, 0.2) is 23.8 Å². The minimum absolute atomic E-state index is 0.0430. The van der Waals surface area contributed by atoms with Gasteiger partial charge >= 0.3 is 5.97 Å². The van der Waals surface area contributed by atoms with E-state index in [1.165, 1.54) is 11.3 Å². The van der Waals surface area contributed by atoms with Crippen LogP contribution in [0.1, 0.15) is 25.0 Å². The molecular formula is C15H17N3O3S. The molecule has 0 radical (unpaired) electrons. The van der Waals surface area contributed by atoms with E-state index >= 15 is 0 Å². The second kappa shape index (κ2) is 7.42. The summed E-state index contributed by atoms with van der Waals surface area (Å²) in [4.78, 5) is 24.5. The summed E-state index contributed by atoms with van der Waals surface area (Å²) in [6.07, 6.45) is 6.73. The molecule has 1 atom stereocenters. The number of carbonyl (C=O) groups is 1. The van der Waals surface area contributed by atoms with Crippen LogP contribution in [-0.2, 0) is 20.7 Å². The number of ether oxygens (including phenoxy) is 2. The number of hydrogen-bond acceptors (Lipinski definition) is 7. The van der Waals surface area contributed by atoms with Gasteiger partial charge in [0.15, 0.2) is 10.8 Å². The summed E-state index contributed by atoms with van der Waals surface area (Å²) in [5.74, 6) is 0.294. The average Bonchev–Trinajstić information content (AvgIpc) is 3.03. The SMILES string of the molecule is O=C(Cc1csc(-c2ncccn2)n1)OC[C@@H]1CCCCO1. The van der Waals surface area contributed by atoms with Gasteiger partial charge in [-0.25, -0.2) is 15.0 Å². The fourth-order valence-corrected chi connectivity index (χ4v) is 2.99. The van der Waals surface area contributed by atoms with Crippen molar-refractivity contribution in [3.05, 3.63) is 29.5 Å². The fourth-order valence-electron chi connectivity index (χ4n) is 2.22. The predicted octanol–water partition coefficient (Wildman–Crippen LogP) is 2.25. The molecule has 2 aromatic heterocycles. The highest BCUT2D eigenvalue weighted by Gasteiger charge is 2.17. The smallest absolute Gasteiger partial charge is 0.311 e. The summed E-state index contributed by atoms with van der Waals surface area (Å²) < 4.78 is 10.8. The molecule has 0 bridgehead atoms. The van der Waals surface area contributed by atoms with E-state index < -0.39 is 0 Å². The highest BCUT2D eigenvalue weighted by atomic mass is 32.1. The maximum atomic E-state index is 11.9. The van der Waals surface area contributed by atoms with Crippen molar-refractivity contribution in [3.63, 3.8) is 0 Å². The summed E-state index contributed by atoms with van der Waals surface area (Å²) in [5.41, 5.74) is 0.682. The maximum absolute atomic E-state index is 11.9. The summed E-state index contributed by atoms with van der Waals surface area (Å²) >= 11 is 1.42. The van der Waals surface area contributed by atoms with E-state index in [0.717, 1.165) is 25.9 Å². The van der Waals surface area contributed by atoms with Crippen molar-refractivity contribution in [1.82, 2.24) is 15.0 Å². The van der Waals surface area contributed by atoms with E-state index in [4.69, 9.17) is 9.47 Å². The molecule has 0 spiro atoms. The first-order valence-electron chi connectivity index (χ1n) is 7.30. The van der Waals surface area contributed by atoms with Crippen molar-refractivity contribution in [3.8, 4) is 10.8 Å². The van der Waals surface area contributed by atoms with E-state index in [0.29, 0.717) is 23.1 Å². The van der Waals surface area contributed by atoms with Crippen molar-refractivity contribution in [1.29, 1.82) is 0 Å². The van der Waals surface area contributed by atoms with E-state index in [1.54, 1.807) is 18.5 Å². The number of hydrogen-bond donors (Lipinski definition) is 0. The summed E-state index contributed by atoms with van der Waals surface area (Å²) in [7, 11) is 0. The Hall–Kier alpha value is -1.86. The van der Waals surface area contributed by atoms with Crippen LogP contribution >= 0.6 is 11.3 Å². The van der Waals surface area contributed by atoms with Crippen molar-refractivity contribution in [2.75, 3.05) is 13.2 Å². The summed E-state index contributed by atoms with van der Waals surface area (Å²) in [6, 6.07) is 1.75. The first kappa shape index (κ1) is 15.1. The largest absolute Gasteiger partial charge is 0.463 e. The second-order valence-corrected chi connectivity index (χ2v) is 5.92. The lowest BCUT2D eigenvalue weighted by molar-refractivity contribution is -0.148. The lowest BCUT2D eigenvalue weighted by Gasteiger charge is -2.21. The third kappa shape index (κ3) is 4.08. The van der Waals surface area contributed by atoms with Crippen molar-refractivity contribution < 1.29 is 14.3 Å². The molecule has 0 unspecified atom stereocenters. The Kier molecular flexibility index (Phi) is 5.07. The number of thiazole rings is 1. The molecule has 116 valence electrons. The van der Waals surface area contributed by atoms with Gasteiger partial charge in [0, 0.05) is 24.4 Å². The molecule has 6 nitrogen and oxygen atoms in total. The van der Waals surface area contributed by atoms with Gasteiger partial charge in [-0.2, -0.15) is 0 Å². The molecule has 22 heavy (non-hydrogen) atoms. The minimum Gasteiger partial charge on any atom is -0.463 e. The van der Waals surface area contributed by atoms with Gasteiger partial charge in [0.2, 0.25) is 0 Å². The lowest BCUT2D eigenvalue weighted by atomic mass is 10.1. The Morgan fingerprint density at radius 1 is 1.36 bits per heavy atom. The quantitative estimate of drug-likeness (QED) is 0.787. The van der Waals surface area contributed by atoms with Gasteiger partial charge in [0.1, 0.15) is 6.61 Å². The van der Waals surface area contributed by atoms with Gasteiger partial charge < -0.3 is 9.47 Å². The van der Waals surface area contributed by atoms with Crippen LogP contribution in [0.3, 0.4) is 0 Å². The Balaban J connectivity index is 1.50. The Labute approximate surface area is 132 Å². The van der Waals surface area contributed by atoms with E-state index in [-0.39, 0.29) is 18.5 Å². The number of esters is 1. The van der Waals surface area contributed by atoms with Crippen LogP contribution in [0.4, 0.5) is 0 Å². The molecule has 0 saturated carbocycles. The molecule has 0 aliphatic carbocycles. The number of rotatable bonds is 5. The van der Waals surface area contributed by atoms with Crippen LogP contribution in [0.25, 0.3) is 10.8 Å². The standard InChI is InChI=1S/C15H17N3O3S/c19-13(21-9-12-4-1-2-7-20-12)8-11-10-22-15(18-11)14-16-5-3-6-17-14/h3,5-6,10,12H,1-2,4,7-9H2/t12-/m0/s1. The molecule has 2 aromatic rings. The zero-order chi connectivity index (χ0) is 15.2. The molecule has 7 heteroatoms. The number of nitrogens with zero attached hydrogens (tertiary/aromatic N) is 3. The first-order chi connectivity index (χ1) is 10.8.